The highest BCUT2D eigenvalue weighted by Crippen LogP contribution is 2.22. The number of imidazole rings is 1. The summed E-state index contributed by atoms with van der Waals surface area (Å²) in [6, 6.07) is 23.5. The lowest BCUT2D eigenvalue weighted by Gasteiger charge is -2.16. The molecule has 0 saturated carbocycles. The Bertz CT molecular complexity index is 1280. The van der Waals surface area contributed by atoms with E-state index >= 15 is 0 Å². The Kier molecular flexibility index (Phi) is 6.58. The molecule has 4 aromatic rings. The van der Waals surface area contributed by atoms with Gasteiger partial charge in [0, 0.05) is 0 Å². The third kappa shape index (κ3) is 5.00. The smallest absolute Gasteiger partial charge is 0.185 e. The highest BCUT2D eigenvalue weighted by molar-refractivity contribution is 7.90. The van der Waals surface area contributed by atoms with Crippen LogP contribution < -0.4 is 4.74 Å². The number of ether oxygens (including phenoxy) is 1. The Hall–Kier alpha value is -3.16. The van der Waals surface area contributed by atoms with Crippen molar-refractivity contribution in [3.05, 3.63) is 90.3 Å². The summed E-state index contributed by atoms with van der Waals surface area (Å²) in [5, 5.41) is 10.7. The van der Waals surface area contributed by atoms with Crippen molar-refractivity contribution in [1.29, 1.82) is 0 Å². The zero-order valence-electron chi connectivity index (χ0n) is 17.9. The number of aromatic nitrogens is 2. The van der Waals surface area contributed by atoms with Gasteiger partial charge < -0.3 is 14.4 Å². The fraction of sp³-hybridized carbons (Fsp3) is 0.240. The van der Waals surface area contributed by atoms with Gasteiger partial charge in [0.2, 0.25) is 0 Å². The van der Waals surface area contributed by atoms with Gasteiger partial charge >= 0.3 is 0 Å². The molecule has 1 heterocycles. The third-order valence-electron chi connectivity index (χ3n) is 5.32. The van der Waals surface area contributed by atoms with Crippen LogP contribution in [0.5, 0.6) is 5.75 Å². The number of rotatable bonds is 9. The molecule has 0 unspecified atom stereocenters. The fourth-order valence-electron chi connectivity index (χ4n) is 3.60. The minimum absolute atomic E-state index is 0.0862. The number of hydrogen-bond acceptors (Lipinski definition) is 5. The summed E-state index contributed by atoms with van der Waals surface area (Å²) >= 11 is 0. The van der Waals surface area contributed by atoms with Crippen molar-refractivity contribution in [1.82, 2.24) is 9.55 Å². The van der Waals surface area contributed by atoms with Gasteiger partial charge in [-0.3, -0.25) is 0 Å². The first-order valence-corrected chi connectivity index (χ1v) is 12.2. The van der Waals surface area contributed by atoms with E-state index in [9.17, 15) is 13.5 Å². The molecule has 1 aromatic heterocycles. The minimum atomic E-state index is -3.58. The topological polar surface area (TPSA) is 81.4 Å². The van der Waals surface area contributed by atoms with E-state index in [1.807, 2.05) is 48.5 Å². The van der Waals surface area contributed by atoms with E-state index in [4.69, 9.17) is 4.74 Å². The maximum atomic E-state index is 12.9. The molecule has 0 radical (unpaired) electrons. The molecule has 0 aliphatic heterocycles. The average Bonchev–Trinajstić information content (AvgIpc) is 3.14. The van der Waals surface area contributed by atoms with E-state index in [1.165, 1.54) is 5.56 Å². The standard InChI is InChI=1S/C25H26N2O4S/c1-2-19-12-14-21(15-13-19)31-17-20(28)16-27-24-11-7-6-10-23(24)26-25(27)18-32(29,30)22-8-4-3-5-9-22/h3-15,20,28H,2,16-18H2,1H3/t20-/m1/s1. The van der Waals surface area contributed by atoms with Gasteiger partial charge in [0.1, 0.15) is 30.0 Å². The predicted molar refractivity (Wildman–Crippen MR) is 124 cm³/mol. The van der Waals surface area contributed by atoms with Crippen molar-refractivity contribution in [2.24, 2.45) is 0 Å². The molecule has 0 saturated heterocycles. The highest BCUT2D eigenvalue weighted by atomic mass is 32.2. The quantitative estimate of drug-likeness (QED) is 0.417. The molecule has 1 atom stereocenters. The maximum absolute atomic E-state index is 12.9. The molecular weight excluding hydrogens is 424 g/mol. The number of nitrogens with zero attached hydrogens (tertiary/aromatic N) is 2. The number of aliphatic hydroxyl groups excluding tert-OH is 1. The van der Waals surface area contributed by atoms with E-state index in [0.29, 0.717) is 17.1 Å². The third-order valence-corrected chi connectivity index (χ3v) is 6.95. The molecule has 0 aliphatic carbocycles. The summed E-state index contributed by atoms with van der Waals surface area (Å²) in [6.45, 7) is 2.35. The van der Waals surface area contributed by atoms with Gasteiger partial charge in [0.15, 0.2) is 9.84 Å². The summed E-state index contributed by atoms with van der Waals surface area (Å²) in [6.07, 6.45) is 0.113. The van der Waals surface area contributed by atoms with E-state index in [-0.39, 0.29) is 23.8 Å². The summed E-state index contributed by atoms with van der Waals surface area (Å²) in [5.41, 5.74) is 2.68. The molecule has 0 aliphatic rings. The zero-order valence-corrected chi connectivity index (χ0v) is 18.7. The first kappa shape index (κ1) is 22.0. The molecule has 0 amide bonds. The first-order chi connectivity index (χ1) is 15.5. The number of hydrogen-bond donors (Lipinski definition) is 1. The Balaban J connectivity index is 1.54. The van der Waals surface area contributed by atoms with Gasteiger partial charge in [-0.15, -0.1) is 0 Å². The number of sulfone groups is 1. The minimum Gasteiger partial charge on any atom is -0.491 e. The van der Waals surface area contributed by atoms with Crippen LogP contribution in [0.3, 0.4) is 0 Å². The Labute approximate surface area is 188 Å². The largest absolute Gasteiger partial charge is 0.491 e. The highest BCUT2D eigenvalue weighted by Gasteiger charge is 2.22. The molecule has 166 valence electrons. The van der Waals surface area contributed by atoms with E-state index in [2.05, 4.69) is 11.9 Å². The van der Waals surface area contributed by atoms with Gasteiger partial charge in [-0.25, -0.2) is 13.4 Å². The SMILES string of the molecule is CCc1ccc(OC[C@H](O)Cn2c(CS(=O)(=O)c3ccccc3)nc3ccccc32)cc1. The van der Waals surface area contributed by atoms with Crippen molar-refractivity contribution in [3.8, 4) is 5.75 Å². The van der Waals surface area contributed by atoms with Gasteiger partial charge in [0.05, 0.1) is 22.5 Å². The Morgan fingerprint density at radius 1 is 0.969 bits per heavy atom. The molecule has 7 heteroatoms. The lowest BCUT2D eigenvalue weighted by Crippen LogP contribution is -2.25. The Morgan fingerprint density at radius 3 is 2.38 bits per heavy atom. The molecule has 6 nitrogen and oxygen atoms in total. The maximum Gasteiger partial charge on any atom is 0.185 e. The second-order valence-electron chi connectivity index (χ2n) is 7.66. The fourth-order valence-corrected chi connectivity index (χ4v) is 4.90. The van der Waals surface area contributed by atoms with Crippen LogP contribution in [0, 0.1) is 0 Å². The number of benzene rings is 3. The van der Waals surface area contributed by atoms with Crippen molar-refractivity contribution in [2.75, 3.05) is 6.61 Å². The summed E-state index contributed by atoms with van der Waals surface area (Å²) in [4.78, 5) is 4.79. The van der Waals surface area contributed by atoms with Crippen LogP contribution in [-0.2, 0) is 28.6 Å². The molecule has 3 aromatic carbocycles. The van der Waals surface area contributed by atoms with Gasteiger partial charge in [0.25, 0.3) is 0 Å². The number of aryl methyl sites for hydroxylation is 1. The second-order valence-corrected chi connectivity index (χ2v) is 9.65. The van der Waals surface area contributed by atoms with E-state index in [0.717, 1.165) is 11.9 Å². The summed E-state index contributed by atoms with van der Waals surface area (Å²) < 4.78 is 33.4. The van der Waals surface area contributed by atoms with Crippen molar-refractivity contribution < 1.29 is 18.3 Å². The van der Waals surface area contributed by atoms with Crippen molar-refractivity contribution >= 4 is 20.9 Å². The average molecular weight is 451 g/mol. The van der Waals surface area contributed by atoms with Crippen LogP contribution in [0.1, 0.15) is 18.3 Å². The van der Waals surface area contributed by atoms with Gasteiger partial charge in [-0.2, -0.15) is 0 Å². The molecule has 0 fully saturated rings. The van der Waals surface area contributed by atoms with E-state index in [1.54, 1.807) is 34.9 Å². The van der Waals surface area contributed by atoms with Crippen LogP contribution in [0.4, 0.5) is 0 Å². The Morgan fingerprint density at radius 2 is 1.66 bits per heavy atom. The van der Waals surface area contributed by atoms with Crippen LogP contribution in [0.15, 0.2) is 83.8 Å². The van der Waals surface area contributed by atoms with Crippen molar-refractivity contribution in [3.63, 3.8) is 0 Å². The van der Waals surface area contributed by atoms with Crippen molar-refractivity contribution in [2.45, 2.75) is 36.6 Å². The van der Waals surface area contributed by atoms with E-state index < -0.39 is 15.9 Å². The summed E-state index contributed by atoms with van der Waals surface area (Å²) in [7, 11) is -3.58. The molecule has 32 heavy (non-hydrogen) atoms. The molecular formula is C25H26N2O4S. The van der Waals surface area contributed by atoms with Crippen LogP contribution in [0.25, 0.3) is 11.0 Å². The predicted octanol–water partition coefficient (Wildman–Crippen LogP) is 4.01. The lowest BCUT2D eigenvalue weighted by molar-refractivity contribution is 0.0928. The number of fused-ring (bicyclic) bond motifs is 1. The summed E-state index contributed by atoms with van der Waals surface area (Å²) in [5.74, 6) is 0.822. The molecule has 1 N–H and O–H groups in total. The monoisotopic (exact) mass is 450 g/mol. The number of para-hydroxylation sites is 2. The van der Waals surface area contributed by atoms with Crippen LogP contribution in [0.2, 0.25) is 0 Å². The lowest BCUT2D eigenvalue weighted by atomic mass is 10.2. The molecule has 0 spiro atoms. The zero-order chi connectivity index (χ0) is 22.6. The molecule has 4 rings (SSSR count). The normalized spacial score (nSPS) is 12.7. The van der Waals surface area contributed by atoms with Crippen LogP contribution in [-0.4, -0.2) is 35.8 Å². The van der Waals surface area contributed by atoms with Crippen LogP contribution >= 0.6 is 0 Å². The molecule has 0 bridgehead atoms. The van der Waals surface area contributed by atoms with Gasteiger partial charge in [-0.05, 0) is 48.4 Å². The second kappa shape index (κ2) is 9.54. The first-order valence-electron chi connectivity index (χ1n) is 10.6. The number of aliphatic hydroxyl groups is 1. The van der Waals surface area contributed by atoms with Gasteiger partial charge in [-0.1, -0.05) is 49.4 Å².